The number of aromatic nitrogens is 1. The van der Waals surface area contributed by atoms with Crippen LogP contribution in [-0.4, -0.2) is 16.1 Å². The zero-order chi connectivity index (χ0) is 11.7. The maximum Gasteiger partial charge on any atom is 0.353 e. The highest BCUT2D eigenvalue weighted by Crippen LogP contribution is 2.31. The summed E-state index contributed by atoms with van der Waals surface area (Å²) in [5.74, 6) is -1.37. The molecule has 0 amide bonds. The van der Waals surface area contributed by atoms with E-state index in [4.69, 9.17) is 5.11 Å². The molecular formula is C11H7BrFNO2. The van der Waals surface area contributed by atoms with Gasteiger partial charge in [0.25, 0.3) is 0 Å². The molecule has 2 N–H and O–H groups in total. The van der Waals surface area contributed by atoms with Crippen molar-refractivity contribution in [2.45, 2.75) is 0 Å². The summed E-state index contributed by atoms with van der Waals surface area (Å²) >= 11 is 3.20. The number of carbonyl (C=O) groups is 1. The van der Waals surface area contributed by atoms with E-state index in [0.29, 0.717) is 10.0 Å². The molecule has 0 saturated carbocycles. The van der Waals surface area contributed by atoms with Crippen molar-refractivity contribution in [3.05, 3.63) is 46.4 Å². The van der Waals surface area contributed by atoms with E-state index in [-0.39, 0.29) is 11.5 Å². The van der Waals surface area contributed by atoms with Crippen LogP contribution < -0.4 is 0 Å². The molecule has 0 radical (unpaired) electrons. The van der Waals surface area contributed by atoms with Gasteiger partial charge in [0.1, 0.15) is 11.5 Å². The summed E-state index contributed by atoms with van der Waals surface area (Å²) in [4.78, 5) is 13.4. The van der Waals surface area contributed by atoms with Gasteiger partial charge in [-0.05, 0) is 33.6 Å². The molecule has 16 heavy (non-hydrogen) atoms. The van der Waals surface area contributed by atoms with Crippen LogP contribution in [0.25, 0.3) is 11.1 Å². The number of H-pyrrole nitrogens is 1. The van der Waals surface area contributed by atoms with Crippen LogP contribution in [-0.2, 0) is 0 Å². The van der Waals surface area contributed by atoms with Crippen LogP contribution in [0.1, 0.15) is 10.5 Å². The first-order valence-corrected chi connectivity index (χ1v) is 5.25. The summed E-state index contributed by atoms with van der Waals surface area (Å²) in [7, 11) is 0. The quantitative estimate of drug-likeness (QED) is 0.889. The first-order valence-electron chi connectivity index (χ1n) is 4.45. The normalized spacial score (nSPS) is 10.4. The second kappa shape index (κ2) is 4.09. The standard InChI is InChI=1S/C11H7BrFNO2/c12-9-8(5-14-10(9)11(15)16)6-1-3-7(13)4-2-6/h1-5,14H,(H,15,16). The largest absolute Gasteiger partial charge is 0.477 e. The summed E-state index contributed by atoms with van der Waals surface area (Å²) in [6.45, 7) is 0. The Balaban J connectivity index is 2.49. The number of aromatic amines is 1. The van der Waals surface area contributed by atoms with E-state index in [9.17, 15) is 9.18 Å². The number of rotatable bonds is 2. The summed E-state index contributed by atoms with van der Waals surface area (Å²) in [6.07, 6.45) is 1.57. The number of hydrogen-bond donors (Lipinski definition) is 2. The average Bonchev–Trinajstić information content (AvgIpc) is 2.61. The van der Waals surface area contributed by atoms with Gasteiger partial charge in [0.05, 0.1) is 4.47 Å². The van der Waals surface area contributed by atoms with Crippen molar-refractivity contribution in [1.29, 1.82) is 0 Å². The Morgan fingerprint density at radius 1 is 1.31 bits per heavy atom. The molecule has 5 heteroatoms. The molecule has 0 fully saturated rings. The third-order valence-electron chi connectivity index (χ3n) is 2.19. The van der Waals surface area contributed by atoms with Crippen molar-refractivity contribution in [3.63, 3.8) is 0 Å². The van der Waals surface area contributed by atoms with Crippen molar-refractivity contribution in [2.24, 2.45) is 0 Å². The van der Waals surface area contributed by atoms with E-state index >= 15 is 0 Å². The Bertz CT molecular complexity index is 533. The molecule has 82 valence electrons. The highest BCUT2D eigenvalue weighted by atomic mass is 79.9. The van der Waals surface area contributed by atoms with Gasteiger partial charge in [-0.1, -0.05) is 12.1 Å². The van der Waals surface area contributed by atoms with Gasteiger partial charge in [0.15, 0.2) is 0 Å². The van der Waals surface area contributed by atoms with Gasteiger partial charge in [-0.15, -0.1) is 0 Å². The molecule has 0 spiro atoms. The minimum absolute atomic E-state index is 0.0827. The second-order valence-electron chi connectivity index (χ2n) is 3.20. The fourth-order valence-corrected chi connectivity index (χ4v) is 2.03. The van der Waals surface area contributed by atoms with Gasteiger partial charge in [-0.3, -0.25) is 0 Å². The lowest BCUT2D eigenvalue weighted by Crippen LogP contribution is -1.96. The Hall–Kier alpha value is -1.62. The molecule has 2 rings (SSSR count). The number of carboxylic acids is 1. The molecule has 0 aliphatic rings. The van der Waals surface area contributed by atoms with Gasteiger partial charge in [0.2, 0.25) is 0 Å². The molecule has 2 aromatic rings. The van der Waals surface area contributed by atoms with E-state index in [0.717, 1.165) is 5.56 Å². The number of nitrogens with one attached hydrogen (secondary N) is 1. The number of aromatic carboxylic acids is 1. The highest BCUT2D eigenvalue weighted by molar-refractivity contribution is 9.10. The van der Waals surface area contributed by atoms with Crippen molar-refractivity contribution in [2.75, 3.05) is 0 Å². The average molecular weight is 284 g/mol. The topological polar surface area (TPSA) is 53.1 Å². The molecule has 0 aliphatic carbocycles. The molecule has 0 unspecified atom stereocenters. The van der Waals surface area contributed by atoms with Crippen LogP contribution >= 0.6 is 15.9 Å². The highest BCUT2D eigenvalue weighted by Gasteiger charge is 2.15. The Morgan fingerprint density at radius 3 is 2.44 bits per heavy atom. The number of halogens is 2. The maximum absolute atomic E-state index is 12.7. The molecule has 0 bridgehead atoms. The van der Waals surface area contributed by atoms with Crippen molar-refractivity contribution in [3.8, 4) is 11.1 Å². The van der Waals surface area contributed by atoms with Crippen LogP contribution in [0.2, 0.25) is 0 Å². The monoisotopic (exact) mass is 283 g/mol. The second-order valence-corrected chi connectivity index (χ2v) is 4.00. The molecule has 3 nitrogen and oxygen atoms in total. The van der Waals surface area contributed by atoms with Crippen LogP contribution in [0.5, 0.6) is 0 Å². The zero-order valence-electron chi connectivity index (χ0n) is 8.00. The van der Waals surface area contributed by atoms with E-state index < -0.39 is 5.97 Å². The molecule has 1 aromatic carbocycles. The van der Waals surface area contributed by atoms with E-state index in [1.807, 2.05) is 0 Å². The lowest BCUT2D eigenvalue weighted by atomic mass is 10.1. The fraction of sp³-hybridized carbons (Fsp3) is 0. The minimum Gasteiger partial charge on any atom is -0.477 e. The maximum atomic E-state index is 12.7. The van der Waals surface area contributed by atoms with E-state index in [2.05, 4.69) is 20.9 Å². The Labute approximate surface area is 99.1 Å². The molecule has 0 atom stereocenters. The smallest absolute Gasteiger partial charge is 0.353 e. The Morgan fingerprint density at radius 2 is 1.94 bits per heavy atom. The van der Waals surface area contributed by atoms with Crippen LogP contribution in [0, 0.1) is 5.82 Å². The summed E-state index contributed by atoms with van der Waals surface area (Å²) in [5, 5.41) is 8.85. The van der Waals surface area contributed by atoms with Crippen molar-refractivity contribution in [1.82, 2.24) is 4.98 Å². The van der Waals surface area contributed by atoms with Gasteiger partial charge < -0.3 is 10.1 Å². The van der Waals surface area contributed by atoms with Gasteiger partial charge >= 0.3 is 5.97 Å². The molecule has 0 saturated heterocycles. The van der Waals surface area contributed by atoms with Crippen molar-refractivity contribution >= 4 is 21.9 Å². The summed E-state index contributed by atoms with van der Waals surface area (Å²) in [5.41, 5.74) is 1.52. The molecule has 0 aliphatic heterocycles. The number of carboxylic acid groups (broad SMARTS) is 1. The SMILES string of the molecule is O=C(O)c1[nH]cc(-c2ccc(F)cc2)c1Br. The molecule has 1 aromatic heterocycles. The minimum atomic E-state index is -1.04. The third kappa shape index (κ3) is 1.86. The first kappa shape index (κ1) is 10.9. The molecular weight excluding hydrogens is 277 g/mol. The van der Waals surface area contributed by atoms with Gasteiger partial charge in [-0.2, -0.15) is 0 Å². The number of benzene rings is 1. The Kier molecular flexibility index (Phi) is 2.78. The lowest BCUT2D eigenvalue weighted by Gasteiger charge is -1.99. The predicted octanol–water partition coefficient (Wildman–Crippen LogP) is 3.28. The zero-order valence-corrected chi connectivity index (χ0v) is 9.58. The summed E-state index contributed by atoms with van der Waals surface area (Å²) in [6, 6.07) is 5.84. The molecule has 1 heterocycles. The van der Waals surface area contributed by atoms with Crippen LogP contribution in [0.4, 0.5) is 4.39 Å². The van der Waals surface area contributed by atoms with Crippen molar-refractivity contribution < 1.29 is 14.3 Å². The fourth-order valence-electron chi connectivity index (χ4n) is 1.40. The number of hydrogen-bond acceptors (Lipinski definition) is 1. The van der Waals surface area contributed by atoms with Crippen LogP contribution in [0.15, 0.2) is 34.9 Å². The van der Waals surface area contributed by atoms with E-state index in [1.54, 1.807) is 18.3 Å². The summed E-state index contributed by atoms with van der Waals surface area (Å²) < 4.78 is 13.2. The van der Waals surface area contributed by atoms with Crippen LogP contribution in [0.3, 0.4) is 0 Å². The first-order chi connectivity index (χ1) is 7.59. The lowest BCUT2D eigenvalue weighted by molar-refractivity contribution is 0.0690. The van der Waals surface area contributed by atoms with Gasteiger partial charge in [-0.25, -0.2) is 9.18 Å². The third-order valence-corrected chi connectivity index (χ3v) is 3.01. The van der Waals surface area contributed by atoms with Gasteiger partial charge in [0, 0.05) is 11.8 Å². The van der Waals surface area contributed by atoms with E-state index in [1.165, 1.54) is 12.1 Å². The predicted molar refractivity (Wildman–Crippen MR) is 60.8 cm³/mol.